The average Bonchev–Trinajstić information content (AvgIpc) is 2.56. The van der Waals surface area contributed by atoms with Crippen molar-refractivity contribution in [2.75, 3.05) is 13.2 Å². The number of nitrogens with zero attached hydrogens (tertiary/aromatic N) is 1. The van der Waals surface area contributed by atoms with E-state index in [-0.39, 0.29) is 0 Å². The first kappa shape index (κ1) is 8.02. The predicted octanol–water partition coefficient (Wildman–Crippen LogP) is 0.852. The molecule has 0 aromatic carbocycles. The second kappa shape index (κ2) is 3.35. The smallest absolute Gasteiger partial charge is 0.0602 e. The van der Waals surface area contributed by atoms with Gasteiger partial charge in [0, 0.05) is 12.1 Å². The highest BCUT2D eigenvalue weighted by molar-refractivity contribution is 4.97. The van der Waals surface area contributed by atoms with Crippen LogP contribution in [0.2, 0.25) is 0 Å². The van der Waals surface area contributed by atoms with Gasteiger partial charge in [-0.3, -0.25) is 4.90 Å². The van der Waals surface area contributed by atoms with Gasteiger partial charge in [0.05, 0.1) is 6.61 Å². The van der Waals surface area contributed by atoms with Gasteiger partial charge in [-0.1, -0.05) is 13.3 Å². The first-order chi connectivity index (χ1) is 4.81. The lowest BCUT2D eigenvalue weighted by Gasteiger charge is -1.98. The number of aliphatic hydroxyl groups excluding tert-OH is 1. The Hall–Kier alpha value is -0.0800. The molecule has 1 heterocycles. The van der Waals surface area contributed by atoms with Crippen LogP contribution in [0.4, 0.5) is 0 Å². The number of rotatable bonds is 4. The Morgan fingerprint density at radius 3 is 2.60 bits per heavy atom. The molecule has 0 amide bonds. The second-order valence-corrected chi connectivity index (χ2v) is 3.08. The fourth-order valence-electron chi connectivity index (χ4n) is 1.45. The Balaban J connectivity index is 2.09. The second-order valence-electron chi connectivity index (χ2n) is 3.08. The molecule has 0 spiro atoms. The molecular formula is C8H17NO. The molecule has 1 N–H and O–H groups in total. The molecule has 1 aliphatic heterocycles. The highest BCUT2D eigenvalue weighted by atomic mass is 16.3. The highest BCUT2D eigenvalue weighted by Crippen LogP contribution is 2.26. The lowest BCUT2D eigenvalue weighted by molar-refractivity contribution is 0.272. The standard InChI is InChI=1S/C8H17NO/c1-3-4-5-9-7(2)8(9)6-10/h7-8,10H,3-6H2,1-2H3/t7-,8+,9?/m0/s1. The molecule has 2 heteroatoms. The summed E-state index contributed by atoms with van der Waals surface area (Å²) in [5, 5.41) is 8.80. The third kappa shape index (κ3) is 1.50. The molecule has 0 aromatic rings. The Morgan fingerprint density at radius 2 is 2.20 bits per heavy atom. The van der Waals surface area contributed by atoms with Crippen LogP contribution in [0.5, 0.6) is 0 Å². The summed E-state index contributed by atoms with van der Waals surface area (Å²) in [5.74, 6) is 0. The summed E-state index contributed by atoms with van der Waals surface area (Å²) < 4.78 is 0. The third-order valence-corrected chi connectivity index (χ3v) is 2.37. The number of hydrogen-bond donors (Lipinski definition) is 1. The van der Waals surface area contributed by atoms with Gasteiger partial charge in [-0.15, -0.1) is 0 Å². The van der Waals surface area contributed by atoms with Crippen molar-refractivity contribution in [2.45, 2.75) is 38.8 Å². The fraction of sp³-hybridized carbons (Fsp3) is 1.00. The molecule has 10 heavy (non-hydrogen) atoms. The van der Waals surface area contributed by atoms with Gasteiger partial charge in [-0.05, 0) is 19.9 Å². The molecule has 1 rings (SSSR count). The van der Waals surface area contributed by atoms with Crippen LogP contribution in [0.3, 0.4) is 0 Å². The fourth-order valence-corrected chi connectivity index (χ4v) is 1.45. The minimum absolute atomic E-state index is 0.338. The van der Waals surface area contributed by atoms with Gasteiger partial charge in [0.2, 0.25) is 0 Å². The minimum atomic E-state index is 0.338. The molecule has 0 aliphatic carbocycles. The van der Waals surface area contributed by atoms with Crippen LogP contribution < -0.4 is 0 Å². The Bertz CT molecular complexity index is 105. The molecule has 0 radical (unpaired) electrons. The lowest BCUT2D eigenvalue weighted by Crippen LogP contribution is -2.06. The van der Waals surface area contributed by atoms with Gasteiger partial charge in [0.15, 0.2) is 0 Å². The van der Waals surface area contributed by atoms with Crippen molar-refractivity contribution in [3.05, 3.63) is 0 Å². The van der Waals surface area contributed by atoms with E-state index in [9.17, 15) is 0 Å². The van der Waals surface area contributed by atoms with Crippen molar-refractivity contribution < 1.29 is 5.11 Å². The van der Waals surface area contributed by atoms with Gasteiger partial charge >= 0.3 is 0 Å². The summed E-state index contributed by atoms with van der Waals surface area (Å²) in [6, 6.07) is 1.11. The molecule has 2 nitrogen and oxygen atoms in total. The summed E-state index contributed by atoms with van der Waals surface area (Å²) >= 11 is 0. The molecule has 3 atom stereocenters. The number of unbranched alkanes of at least 4 members (excludes halogenated alkanes) is 1. The van der Waals surface area contributed by atoms with E-state index < -0.39 is 0 Å². The molecule has 0 aromatic heterocycles. The van der Waals surface area contributed by atoms with E-state index in [1.807, 2.05) is 0 Å². The Morgan fingerprint density at radius 1 is 1.50 bits per heavy atom. The van der Waals surface area contributed by atoms with Crippen LogP contribution in [0.25, 0.3) is 0 Å². The zero-order chi connectivity index (χ0) is 7.56. The van der Waals surface area contributed by atoms with E-state index >= 15 is 0 Å². The summed E-state index contributed by atoms with van der Waals surface area (Å²) in [5.41, 5.74) is 0. The quantitative estimate of drug-likeness (QED) is 0.590. The van der Waals surface area contributed by atoms with E-state index in [1.165, 1.54) is 19.4 Å². The molecule has 0 saturated carbocycles. The van der Waals surface area contributed by atoms with E-state index in [2.05, 4.69) is 18.7 Å². The van der Waals surface area contributed by atoms with Gasteiger partial charge in [-0.25, -0.2) is 0 Å². The normalized spacial score (nSPS) is 38.1. The average molecular weight is 143 g/mol. The summed E-state index contributed by atoms with van der Waals surface area (Å²) in [7, 11) is 0. The van der Waals surface area contributed by atoms with Crippen molar-refractivity contribution >= 4 is 0 Å². The molecule has 1 unspecified atom stereocenters. The first-order valence-corrected chi connectivity index (χ1v) is 4.17. The molecule has 0 bridgehead atoms. The van der Waals surface area contributed by atoms with Crippen LogP contribution in [0.1, 0.15) is 26.7 Å². The zero-order valence-electron chi connectivity index (χ0n) is 6.88. The van der Waals surface area contributed by atoms with Crippen molar-refractivity contribution in [3.8, 4) is 0 Å². The highest BCUT2D eigenvalue weighted by Gasteiger charge is 2.41. The van der Waals surface area contributed by atoms with Crippen LogP contribution in [-0.4, -0.2) is 35.2 Å². The maximum absolute atomic E-state index is 8.80. The van der Waals surface area contributed by atoms with Gasteiger partial charge < -0.3 is 5.11 Å². The first-order valence-electron chi connectivity index (χ1n) is 4.17. The lowest BCUT2D eigenvalue weighted by atomic mass is 10.3. The van der Waals surface area contributed by atoms with Crippen LogP contribution in [0, 0.1) is 0 Å². The summed E-state index contributed by atoms with van der Waals surface area (Å²) in [6.07, 6.45) is 2.52. The SMILES string of the molecule is CCCCN1[C@H](CO)[C@@H]1C. The largest absolute Gasteiger partial charge is 0.395 e. The number of aliphatic hydroxyl groups is 1. The van der Waals surface area contributed by atoms with Gasteiger partial charge in [0.25, 0.3) is 0 Å². The Kier molecular flexibility index (Phi) is 2.69. The topological polar surface area (TPSA) is 23.2 Å². The molecular weight excluding hydrogens is 126 g/mol. The van der Waals surface area contributed by atoms with Crippen molar-refractivity contribution in [2.24, 2.45) is 0 Å². The van der Waals surface area contributed by atoms with E-state index in [4.69, 9.17) is 5.11 Å². The van der Waals surface area contributed by atoms with Crippen molar-refractivity contribution in [1.82, 2.24) is 4.90 Å². The molecule has 60 valence electrons. The van der Waals surface area contributed by atoms with E-state index in [1.54, 1.807) is 0 Å². The van der Waals surface area contributed by atoms with Gasteiger partial charge in [0.1, 0.15) is 0 Å². The summed E-state index contributed by atoms with van der Waals surface area (Å²) in [4.78, 5) is 2.35. The maximum atomic E-state index is 8.80. The van der Waals surface area contributed by atoms with Crippen LogP contribution in [-0.2, 0) is 0 Å². The number of hydrogen-bond acceptors (Lipinski definition) is 2. The van der Waals surface area contributed by atoms with Gasteiger partial charge in [-0.2, -0.15) is 0 Å². The molecule has 1 aliphatic rings. The van der Waals surface area contributed by atoms with Crippen LogP contribution >= 0.6 is 0 Å². The summed E-state index contributed by atoms with van der Waals surface area (Å²) in [6.45, 7) is 5.88. The third-order valence-electron chi connectivity index (χ3n) is 2.37. The van der Waals surface area contributed by atoms with Crippen LogP contribution in [0.15, 0.2) is 0 Å². The van der Waals surface area contributed by atoms with E-state index in [0.717, 1.165) is 0 Å². The molecule has 1 saturated heterocycles. The Labute approximate surface area is 62.8 Å². The predicted molar refractivity (Wildman–Crippen MR) is 41.9 cm³/mol. The molecule has 1 fully saturated rings. The maximum Gasteiger partial charge on any atom is 0.0602 e. The van der Waals surface area contributed by atoms with E-state index in [0.29, 0.717) is 18.7 Å². The monoisotopic (exact) mass is 143 g/mol. The van der Waals surface area contributed by atoms with Crippen molar-refractivity contribution in [1.29, 1.82) is 0 Å². The van der Waals surface area contributed by atoms with Crippen molar-refractivity contribution in [3.63, 3.8) is 0 Å². The zero-order valence-corrected chi connectivity index (χ0v) is 6.88. The minimum Gasteiger partial charge on any atom is -0.395 e.